The van der Waals surface area contributed by atoms with Gasteiger partial charge in [0.05, 0.1) is 12.2 Å². The molecule has 4 nitrogen and oxygen atoms in total. The minimum atomic E-state index is -0.0535. The Labute approximate surface area is 161 Å². The number of hydrogen-bond donors (Lipinski definition) is 1. The summed E-state index contributed by atoms with van der Waals surface area (Å²) in [4.78, 5) is 12.6. The van der Waals surface area contributed by atoms with Gasteiger partial charge in [0, 0.05) is 16.4 Å². The number of carbonyl (C=O) groups excluding carboxylic acids is 1. The Kier molecular flexibility index (Phi) is 7.70. The van der Waals surface area contributed by atoms with Crippen LogP contribution in [-0.4, -0.2) is 22.2 Å². The lowest BCUT2D eigenvalue weighted by atomic mass is 10.0. The fraction of sp³-hybridized carbons (Fsp3) is 0.524. The van der Waals surface area contributed by atoms with E-state index in [1.54, 1.807) is 4.68 Å². The molecule has 0 unspecified atom stereocenters. The zero-order valence-electron chi connectivity index (χ0n) is 16.4. The topological polar surface area (TPSA) is 46.9 Å². The van der Waals surface area contributed by atoms with Gasteiger partial charge in [0.2, 0.25) is 0 Å². The lowest BCUT2D eigenvalue weighted by Gasteiger charge is -2.10. The molecule has 0 aliphatic rings. The molecule has 0 bridgehead atoms. The van der Waals surface area contributed by atoms with E-state index in [9.17, 15) is 4.79 Å². The maximum absolute atomic E-state index is 12.6. The number of aromatic nitrogens is 2. The number of rotatable bonds is 9. The summed E-state index contributed by atoms with van der Waals surface area (Å²) in [6.45, 7) is 8.34. The highest BCUT2D eigenvalue weighted by molar-refractivity contribution is 6.31. The van der Waals surface area contributed by atoms with Gasteiger partial charge in [0.1, 0.15) is 0 Å². The summed E-state index contributed by atoms with van der Waals surface area (Å²) in [5.74, 6) is -0.0535. The van der Waals surface area contributed by atoms with E-state index < -0.39 is 0 Å². The van der Waals surface area contributed by atoms with Crippen LogP contribution in [0.1, 0.15) is 66.3 Å². The number of hydrogen-bond acceptors (Lipinski definition) is 3. The van der Waals surface area contributed by atoms with E-state index in [1.165, 1.54) is 31.2 Å². The zero-order chi connectivity index (χ0) is 19.1. The van der Waals surface area contributed by atoms with E-state index >= 15 is 0 Å². The Balaban J connectivity index is 1.98. The molecule has 0 aliphatic carbocycles. The van der Waals surface area contributed by atoms with Crippen molar-refractivity contribution in [3.8, 4) is 0 Å². The Morgan fingerprint density at radius 1 is 1.15 bits per heavy atom. The number of unbranched alkanes of at least 4 members (excludes halogenated alkanes) is 4. The molecule has 1 aromatic heterocycles. The molecule has 26 heavy (non-hydrogen) atoms. The fourth-order valence-corrected chi connectivity index (χ4v) is 3.40. The Morgan fingerprint density at radius 3 is 2.62 bits per heavy atom. The van der Waals surface area contributed by atoms with Crippen LogP contribution in [0.4, 0.5) is 5.69 Å². The summed E-state index contributed by atoms with van der Waals surface area (Å²) in [5, 5.41) is 8.35. The van der Waals surface area contributed by atoms with Gasteiger partial charge in [0.25, 0.3) is 5.91 Å². The van der Waals surface area contributed by atoms with Crippen LogP contribution in [0, 0.1) is 20.8 Å². The molecule has 2 aromatic rings. The van der Waals surface area contributed by atoms with Gasteiger partial charge in [0.15, 0.2) is 0 Å². The highest BCUT2D eigenvalue weighted by atomic mass is 35.5. The van der Waals surface area contributed by atoms with Crippen LogP contribution in [0.5, 0.6) is 0 Å². The average molecular weight is 376 g/mol. The quantitative estimate of drug-likeness (QED) is 0.569. The summed E-state index contributed by atoms with van der Waals surface area (Å²) in [6.07, 6.45) is 7.22. The third-order valence-corrected chi connectivity index (χ3v) is 5.31. The average Bonchev–Trinajstić information content (AvgIpc) is 2.90. The van der Waals surface area contributed by atoms with E-state index in [1.807, 2.05) is 39.0 Å². The van der Waals surface area contributed by atoms with Gasteiger partial charge in [-0.15, -0.1) is 0 Å². The largest absolute Gasteiger partial charge is 0.376 e. The van der Waals surface area contributed by atoms with Crippen LogP contribution in [0.15, 0.2) is 18.2 Å². The lowest BCUT2D eigenvalue weighted by molar-refractivity contribution is 0.0910. The van der Waals surface area contributed by atoms with Crippen LogP contribution in [-0.2, 0) is 6.42 Å². The van der Waals surface area contributed by atoms with Crippen LogP contribution in [0.25, 0.3) is 0 Å². The molecular weight excluding hydrogens is 346 g/mol. The Morgan fingerprint density at radius 2 is 1.88 bits per heavy atom. The second-order valence-corrected chi connectivity index (χ2v) is 7.29. The van der Waals surface area contributed by atoms with Gasteiger partial charge in [-0.1, -0.05) is 50.3 Å². The van der Waals surface area contributed by atoms with Crippen molar-refractivity contribution in [1.29, 1.82) is 0 Å². The van der Waals surface area contributed by atoms with Crippen molar-refractivity contribution >= 4 is 23.2 Å². The SMILES string of the molecule is CCCCCCCc1c(C)nn(C(=O)CNc2cccc(Cl)c2C)c1C. The first kappa shape index (κ1) is 20.5. The maximum atomic E-state index is 12.6. The van der Waals surface area contributed by atoms with E-state index in [2.05, 4.69) is 17.3 Å². The molecule has 142 valence electrons. The minimum absolute atomic E-state index is 0.0535. The molecule has 1 heterocycles. The normalized spacial score (nSPS) is 11.0. The second kappa shape index (κ2) is 9.77. The second-order valence-electron chi connectivity index (χ2n) is 6.89. The van der Waals surface area contributed by atoms with Crippen LogP contribution < -0.4 is 5.32 Å². The monoisotopic (exact) mass is 375 g/mol. The van der Waals surface area contributed by atoms with E-state index in [0.29, 0.717) is 5.02 Å². The number of aryl methyl sites for hydroxylation is 1. The fourth-order valence-electron chi connectivity index (χ4n) is 3.23. The third-order valence-electron chi connectivity index (χ3n) is 4.91. The molecule has 0 spiro atoms. The first-order valence-corrected chi connectivity index (χ1v) is 9.90. The molecule has 0 atom stereocenters. The number of anilines is 1. The zero-order valence-corrected chi connectivity index (χ0v) is 17.1. The third kappa shape index (κ3) is 5.10. The molecule has 5 heteroatoms. The predicted molar refractivity (Wildman–Crippen MR) is 109 cm³/mol. The molecule has 0 radical (unpaired) electrons. The number of nitrogens with zero attached hydrogens (tertiary/aromatic N) is 2. The molecule has 0 aliphatic heterocycles. The van der Waals surface area contributed by atoms with Crippen molar-refractivity contribution in [1.82, 2.24) is 9.78 Å². The van der Waals surface area contributed by atoms with Crippen molar-refractivity contribution in [3.05, 3.63) is 45.7 Å². The first-order valence-electron chi connectivity index (χ1n) is 9.53. The molecule has 1 aromatic carbocycles. The standard InChI is InChI=1S/C21H30ClN3O/c1-5-6-7-8-9-11-18-16(3)24-25(17(18)4)21(26)14-23-20-13-10-12-19(22)15(20)2/h10,12-13,23H,5-9,11,14H2,1-4H3. The van der Waals surface area contributed by atoms with Crippen molar-refractivity contribution in [2.45, 2.75) is 66.2 Å². The van der Waals surface area contributed by atoms with Gasteiger partial charge in [-0.3, -0.25) is 4.79 Å². The first-order chi connectivity index (χ1) is 12.5. The van der Waals surface area contributed by atoms with E-state index in [0.717, 1.165) is 35.5 Å². The summed E-state index contributed by atoms with van der Waals surface area (Å²) >= 11 is 6.13. The summed E-state index contributed by atoms with van der Waals surface area (Å²) < 4.78 is 1.55. The molecular formula is C21H30ClN3O. The van der Waals surface area contributed by atoms with E-state index in [4.69, 9.17) is 11.6 Å². The molecule has 0 saturated carbocycles. The summed E-state index contributed by atoms with van der Waals surface area (Å²) in [7, 11) is 0. The van der Waals surface area contributed by atoms with Crippen LogP contribution in [0.2, 0.25) is 5.02 Å². The maximum Gasteiger partial charge on any atom is 0.266 e. The van der Waals surface area contributed by atoms with Gasteiger partial charge < -0.3 is 5.32 Å². The van der Waals surface area contributed by atoms with Crippen molar-refractivity contribution in [2.75, 3.05) is 11.9 Å². The highest BCUT2D eigenvalue weighted by Gasteiger charge is 2.16. The molecule has 0 saturated heterocycles. The lowest BCUT2D eigenvalue weighted by Crippen LogP contribution is -2.23. The van der Waals surface area contributed by atoms with Crippen molar-refractivity contribution in [2.24, 2.45) is 0 Å². The predicted octanol–water partition coefficient (Wildman–Crippen LogP) is 5.73. The summed E-state index contributed by atoms with van der Waals surface area (Å²) in [6, 6.07) is 5.65. The molecule has 0 amide bonds. The Bertz CT molecular complexity index is 752. The van der Waals surface area contributed by atoms with Gasteiger partial charge >= 0.3 is 0 Å². The summed E-state index contributed by atoms with van der Waals surface area (Å²) in [5.41, 5.74) is 4.97. The highest BCUT2D eigenvalue weighted by Crippen LogP contribution is 2.23. The molecule has 1 N–H and O–H groups in total. The minimum Gasteiger partial charge on any atom is -0.376 e. The smallest absolute Gasteiger partial charge is 0.266 e. The van der Waals surface area contributed by atoms with Gasteiger partial charge in [-0.2, -0.15) is 5.10 Å². The van der Waals surface area contributed by atoms with E-state index in [-0.39, 0.29) is 12.5 Å². The molecule has 2 rings (SSSR count). The van der Waals surface area contributed by atoms with Crippen LogP contribution in [0.3, 0.4) is 0 Å². The van der Waals surface area contributed by atoms with Crippen molar-refractivity contribution < 1.29 is 4.79 Å². The van der Waals surface area contributed by atoms with Gasteiger partial charge in [-0.25, -0.2) is 4.68 Å². The number of benzene rings is 1. The van der Waals surface area contributed by atoms with Gasteiger partial charge in [-0.05, 0) is 56.9 Å². The number of carbonyl (C=O) groups is 1. The Hall–Kier alpha value is -1.81. The number of halogens is 1. The van der Waals surface area contributed by atoms with Crippen LogP contribution >= 0.6 is 11.6 Å². The molecule has 0 fully saturated rings. The number of nitrogens with one attached hydrogen (secondary N) is 1. The van der Waals surface area contributed by atoms with Crippen molar-refractivity contribution in [3.63, 3.8) is 0 Å².